The smallest absolute Gasteiger partial charge is 0.207 e. The lowest BCUT2D eigenvalue weighted by Crippen LogP contribution is -3.14. The molecule has 0 saturated carbocycles. The fourth-order valence-electron chi connectivity index (χ4n) is 3.97. The molecular weight excluding hydrogens is 394 g/mol. The molecule has 0 amide bonds. The minimum absolute atomic E-state index is 0.105. The van der Waals surface area contributed by atoms with Crippen LogP contribution in [0.3, 0.4) is 0 Å². The van der Waals surface area contributed by atoms with Crippen LogP contribution < -0.4 is 9.80 Å². The van der Waals surface area contributed by atoms with Crippen LogP contribution in [-0.4, -0.2) is 46.3 Å². The Kier molecular flexibility index (Phi) is 5.83. The van der Waals surface area contributed by atoms with E-state index in [-0.39, 0.29) is 5.78 Å². The van der Waals surface area contributed by atoms with Crippen LogP contribution in [0.1, 0.15) is 28.7 Å². The van der Waals surface area contributed by atoms with Crippen molar-refractivity contribution in [2.24, 2.45) is 0 Å². The Labute approximate surface area is 182 Å². The molecule has 0 aliphatic carbocycles. The van der Waals surface area contributed by atoms with Gasteiger partial charge in [-0.2, -0.15) is 9.78 Å². The highest BCUT2D eigenvalue weighted by Crippen LogP contribution is 2.16. The van der Waals surface area contributed by atoms with E-state index in [1.807, 2.05) is 40.4 Å². The van der Waals surface area contributed by atoms with E-state index in [1.165, 1.54) is 16.2 Å². The third-order valence-corrected chi connectivity index (χ3v) is 6.17. The van der Waals surface area contributed by atoms with Gasteiger partial charge in [-0.3, -0.25) is 9.36 Å². The number of quaternary nitrogens is 1. The summed E-state index contributed by atoms with van der Waals surface area (Å²) in [6.45, 7) is 10.4. The summed E-state index contributed by atoms with van der Waals surface area (Å²) >= 11 is 5.74. The van der Waals surface area contributed by atoms with Gasteiger partial charge in [0.25, 0.3) is 0 Å². The van der Waals surface area contributed by atoms with Gasteiger partial charge in [0.15, 0.2) is 12.5 Å². The first kappa shape index (κ1) is 20.5. The molecule has 6 nitrogen and oxygen atoms in total. The number of benzene rings is 2. The van der Waals surface area contributed by atoms with Crippen molar-refractivity contribution in [3.05, 3.63) is 70.3 Å². The summed E-state index contributed by atoms with van der Waals surface area (Å²) < 4.78 is 4.74. The monoisotopic (exact) mass is 422 g/mol. The van der Waals surface area contributed by atoms with Crippen LogP contribution in [0.2, 0.25) is 0 Å². The summed E-state index contributed by atoms with van der Waals surface area (Å²) in [5.74, 6) is 1.01. The number of nitrogens with one attached hydrogen (secondary N) is 1. The average molecular weight is 423 g/mol. The van der Waals surface area contributed by atoms with Crippen molar-refractivity contribution in [2.45, 2.75) is 27.4 Å². The number of aryl methyl sites for hydroxylation is 2. The summed E-state index contributed by atoms with van der Waals surface area (Å²) in [5, 5.41) is 4.72. The molecule has 1 saturated heterocycles. The molecule has 0 unspecified atom stereocenters. The van der Waals surface area contributed by atoms with Gasteiger partial charge in [0.2, 0.25) is 4.77 Å². The van der Waals surface area contributed by atoms with Gasteiger partial charge in [-0.1, -0.05) is 17.7 Å². The van der Waals surface area contributed by atoms with Crippen molar-refractivity contribution in [1.29, 1.82) is 0 Å². The number of Topliss-reactive ketones (excluding diaryl/α,β-unsaturated/α-hetero) is 1. The predicted molar refractivity (Wildman–Crippen MR) is 121 cm³/mol. The van der Waals surface area contributed by atoms with Gasteiger partial charge >= 0.3 is 0 Å². The van der Waals surface area contributed by atoms with Crippen molar-refractivity contribution in [3.8, 4) is 5.69 Å². The molecule has 2 aromatic carbocycles. The zero-order chi connectivity index (χ0) is 21.3. The second-order valence-corrected chi connectivity index (χ2v) is 8.36. The Balaban J connectivity index is 1.42. The number of carbonyl (C=O) groups is 1. The van der Waals surface area contributed by atoms with E-state index in [0.29, 0.717) is 0 Å². The molecule has 30 heavy (non-hydrogen) atoms. The summed E-state index contributed by atoms with van der Waals surface area (Å²) in [4.78, 5) is 15.3. The largest absolute Gasteiger partial charge is 0.360 e. The fourth-order valence-corrected chi connectivity index (χ4v) is 4.31. The van der Waals surface area contributed by atoms with E-state index in [9.17, 15) is 4.79 Å². The number of rotatable bonds is 5. The predicted octanol–water partition coefficient (Wildman–Crippen LogP) is 2.59. The number of anilines is 1. The maximum absolute atomic E-state index is 11.5. The highest BCUT2D eigenvalue weighted by atomic mass is 32.1. The van der Waals surface area contributed by atoms with Crippen LogP contribution in [0.4, 0.5) is 5.69 Å². The Morgan fingerprint density at radius 3 is 2.20 bits per heavy atom. The Hall–Kier alpha value is -2.77. The number of ketones is 1. The lowest BCUT2D eigenvalue weighted by atomic mass is 10.1. The lowest BCUT2D eigenvalue weighted by molar-refractivity contribution is -0.924. The van der Waals surface area contributed by atoms with Crippen LogP contribution in [0, 0.1) is 18.6 Å². The van der Waals surface area contributed by atoms with E-state index >= 15 is 0 Å². The highest BCUT2D eigenvalue weighted by Gasteiger charge is 2.22. The first-order valence-electron chi connectivity index (χ1n) is 10.4. The van der Waals surface area contributed by atoms with E-state index < -0.39 is 0 Å². The normalized spacial score (nSPS) is 14.8. The Morgan fingerprint density at radius 1 is 1.00 bits per heavy atom. The van der Waals surface area contributed by atoms with Crippen molar-refractivity contribution in [1.82, 2.24) is 14.3 Å². The van der Waals surface area contributed by atoms with Gasteiger partial charge in [0.05, 0.1) is 26.2 Å². The maximum atomic E-state index is 11.5. The first-order chi connectivity index (χ1) is 14.4. The number of piperazine rings is 1. The zero-order valence-corrected chi connectivity index (χ0v) is 18.6. The van der Waals surface area contributed by atoms with Gasteiger partial charge in [0.1, 0.15) is 5.82 Å². The number of aromatic nitrogens is 3. The molecule has 7 heteroatoms. The molecule has 0 radical (unpaired) electrons. The number of carbonyl (C=O) groups excluding carboxylic acids is 1. The Bertz CT molecular complexity index is 1090. The molecule has 1 N–H and O–H groups in total. The van der Waals surface area contributed by atoms with Crippen LogP contribution in [0.25, 0.3) is 5.69 Å². The van der Waals surface area contributed by atoms with E-state index in [0.717, 1.165) is 54.7 Å². The van der Waals surface area contributed by atoms with Gasteiger partial charge in [-0.25, -0.2) is 0 Å². The molecule has 0 spiro atoms. The van der Waals surface area contributed by atoms with Crippen LogP contribution in [0.15, 0.2) is 48.5 Å². The topological polar surface area (TPSA) is 47.5 Å². The SMILES string of the molecule is CC(=O)c1ccc(N2CC[NH+](Cn3nc(C)n(-c4ccc(C)cc4)c3=S)CC2)cc1. The van der Waals surface area contributed by atoms with E-state index in [2.05, 4.69) is 36.1 Å². The van der Waals surface area contributed by atoms with Gasteiger partial charge in [-0.05, 0) is 69.4 Å². The molecule has 0 atom stereocenters. The molecule has 1 fully saturated rings. The minimum Gasteiger partial charge on any atom is -0.360 e. The quantitative estimate of drug-likeness (QED) is 0.507. The summed E-state index contributed by atoms with van der Waals surface area (Å²) in [6.07, 6.45) is 0. The molecule has 4 rings (SSSR count). The zero-order valence-electron chi connectivity index (χ0n) is 17.8. The third-order valence-electron chi connectivity index (χ3n) is 5.78. The highest BCUT2D eigenvalue weighted by molar-refractivity contribution is 7.71. The van der Waals surface area contributed by atoms with Crippen molar-refractivity contribution >= 4 is 23.7 Å². The molecule has 156 valence electrons. The van der Waals surface area contributed by atoms with Gasteiger partial charge in [0, 0.05) is 16.9 Å². The molecule has 1 aromatic heterocycles. The van der Waals surface area contributed by atoms with Crippen molar-refractivity contribution in [2.75, 3.05) is 31.1 Å². The van der Waals surface area contributed by atoms with E-state index in [4.69, 9.17) is 17.3 Å². The average Bonchev–Trinajstić information content (AvgIpc) is 3.02. The van der Waals surface area contributed by atoms with Gasteiger partial charge in [-0.15, -0.1) is 0 Å². The standard InChI is InChI=1S/C23H27N5OS/c1-17-4-8-22(9-5-17)28-19(3)24-27(23(28)30)16-25-12-14-26(15-13-25)21-10-6-20(7-11-21)18(2)29/h4-11H,12-16H2,1-3H3/p+1. The minimum atomic E-state index is 0.105. The molecule has 1 aliphatic heterocycles. The van der Waals surface area contributed by atoms with Crippen molar-refractivity contribution in [3.63, 3.8) is 0 Å². The second-order valence-electron chi connectivity index (χ2n) is 8.00. The molecule has 0 bridgehead atoms. The molecule has 3 aromatic rings. The van der Waals surface area contributed by atoms with Crippen LogP contribution in [-0.2, 0) is 6.67 Å². The van der Waals surface area contributed by atoms with Crippen LogP contribution in [0.5, 0.6) is 0 Å². The Morgan fingerprint density at radius 2 is 1.60 bits per heavy atom. The number of nitrogens with zero attached hydrogens (tertiary/aromatic N) is 4. The second kappa shape index (κ2) is 8.53. The first-order valence-corrected chi connectivity index (χ1v) is 10.8. The van der Waals surface area contributed by atoms with Crippen LogP contribution >= 0.6 is 12.2 Å². The number of hydrogen-bond donors (Lipinski definition) is 1. The molecule has 2 heterocycles. The van der Waals surface area contributed by atoms with Gasteiger partial charge < -0.3 is 9.80 Å². The maximum Gasteiger partial charge on any atom is 0.207 e. The number of hydrogen-bond acceptors (Lipinski definition) is 4. The molecule has 1 aliphatic rings. The molecular formula is C23H28N5OS+. The lowest BCUT2D eigenvalue weighted by Gasteiger charge is -2.33. The summed E-state index contributed by atoms with van der Waals surface area (Å²) in [5.41, 5.74) is 4.23. The van der Waals surface area contributed by atoms with E-state index in [1.54, 1.807) is 6.92 Å². The fraction of sp³-hybridized carbons (Fsp3) is 0.348. The third kappa shape index (κ3) is 4.22. The van der Waals surface area contributed by atoms with Crippen molar-refractivity contribution < 1.29 is 9.69 Å². The summed E-state index contributed by atoms with van der Waals surface area (Å²) in [7, 11) is 0. The summed E-state index contributed by atoms with van der Waals surface area (Å²) in [6, 6.07) is 16.3.